The molecule has 0 radical (unpaired) electrons. The van der Waals surface area contributed by atoms with E-state index in [1.54, 1.807) is 12.1 Å². The molecule has 132 valence electrons. The van der Waals surface area contributed by atoms with Gasteiger partial charge in [0.15, 0.2) is 11.5 Å². The molecule has 0 aliphatic rings. The highest BCUT2D eigenvalue weighted by molar-refractivity contribution is 5.85. The van der Waals surface area contributed by atoms with Crippen LogP contribution < -0.4 is 4.74 Å². The van der Waals surface area contributed by atoms with Crippen LogP contribution in [-0.2, 0) is 13.2 Å². The number of furan rings is 1. The monoisotopic (exact) mass is 351 g/mol. The predicted molar refractivity (Wildman–Crippen MR) is 95.4 cm³/mol. The third kappa shape index (κ3) is 2.63. The van der Waals surface area contributed by atoms with Crippen LogP contribution >= 0.6 is 0 Å². The summed E-state index contributed by atoms with van der Waals surface area (Å²) in [6, 6.07) is 13.1. The second-order valence-electron chi connectivity index (χ2n) is 5.80. The van der Waals surface area contributed by atoms with Crippen LogP contribution in [-0.4, -0.2) is 32.7 Å². The Kier molecular flexibility index (Phi) is 4.16. The highest BCUT2D eigenvalue weighted by Gasteiger charge is 2.19. The number of para-hydroxylation sites is 1. The zero-order chi connectivity index (χ0) is 18.1. The summed E-state index contributed by atoms with van der Waals surface area (Å²) in [5.74, 6) is 1.07. The number of rotatable bonds is 5. The Hall–Kier alpha value is -3.16. The molecule has 4 aromatic rings. The number of hydrogen-bond acceptors (Lipinski definition) is 6. The van der Waals surface area contributed by atoms with Crippen molar-refractivity contribution in [1.82, 2.24) is 15.4 Å². The van der Waals surface area contributed by atoms with Crippen molar-refractivity contribution >= 4 is 11.0 Å². The lowest BCUT2D eigenvalue weighted by Crippen LogP contribution is -2.00. The Morgan fingerprint density at radius 1 is 1.04 bits per heavy atom. The summed E-state index contributed by atoms with van der Waals surface area (Å²) in [6.45, 7) is -0.452. The molecule has 0 aliphatic heterocycles. The van der Waals surface area contributed by atoms with Crippen molar-refractivity contribution in [2.45, 2.75) is 13.2 Å². The highest BCUT2D eigenvalue weighted by atomic mass is 16.5. The lowest BCUT2D eigenvalue weighted by atomic mass is 10.00. The average Bonchev–Trinajstić information content (AvgIpc) is 3.33. The molecule has 2 aromatic carbocycles. The van der Waals surface area contributed by atoms with Crippen LogP contribution in [0.5, 0.6) is 5.75 Å². The maximum atomic E-state index is 9.64. The number of nitrogens with one attached hydrogen (secondary N) is 1. The Labute approximate surface area is 148 Å². The van der Waals surface area contributed by atoms with Crippen molar-refractivity contribution in [2.24, 2.45) is 0 Å². The topological polar surface area (TPSA) is 104 Å². The summed E-state index contributed by atoms with van der Waals surface area (Å²) >= 11 is 0. The second-order valence-corrected chi connectivity index (χ2v) is 5.80. The lowest BCUT2D eigenvalue weighted by molar-refractivity contribution is 0.254. The van der Waals surface area contributed by atoms with Crippen molar-refractivity contribution in [2.75, 3.05) is 7.11 Å². The Morgan fingerprint density at radius 2 is 1.85 bits per heavy atom. The second kappa shape index (κ2) is 6.62. The van der Waals surface area contributed by atoms with E-state index in [2.05, 4.69) is 15.4 Å². The lowest BCUT2D eigenvalue weighted by Gasteiger charge is -2.13. The summed E-state index contributed by atoms with van der Waals surface area (Å²) in [7, 11) is 1.52. The van der Waals surface area contributed by atoms with Crippen molar-refractivity contribution in [3.05, 3.63) is 53.6 Å². The third-order valence-electron chi connectivity index (χ3n) is 4.33. The molecule has 7 heteroatoms. The molecule has 0 spiro atoms. The number of methoxy groups -OCH3 is 1. The molecule has 0 saturated carbocycles. The van der Waals surface area contributed by atoms with Crippen LogP contribution in [0.15, 0.2) is 46.9 Å². The van der Waals surface area contributed by atoms with E-state index in [0.717, 1.165) is 11.0 Å². The van der Waals surface area contributed by atoms with Gasteiger partial charge in [0.25, 0.3) is 0 Å². The third-order valence-corrected chi connectivity index (χ3v) is 4.33. The highest BCUT2D eigenvalue weighted by Crippen LogP contribution is 2.36. The van der Waals surface area contributed by atoms with Crippen molar-refractivity contribution in [3.8, 4) is 28.5 Å². The van der Waals surface area contributed by atoms with Gasteiger partial charge in [-0.1, -0.05) is 18.2 Å². The van der Waals surface area contributed by atoms with Gasteiger partial charge in [0, 0.05) is 16.5 Å². The molecule has 0 fully saturated rings. The molecule has 0 aliphatic carbocycles. The van der Waals surface area contributed by atoms with Crippen LogP contribution in [0.3, 0.4) is 0 Å². The minimum Gasteiger partial charge on any atom is -0.496 e. The molecule has 0 bridgehead atoms. The predicted octanol–water partition coefficient (Wildman–Crippen LogP) is 2.88. The molecule has 7 nitrogen and oxygen atoms in total. The summed E-state index contributed by atoms with van der Waals surface area (Å²) < 4.78 is 11.2. The van der Waals surface area contributed by atoms with Crippen LogP contribution in [0.4, 0.5) is 0 Å². The zero-order valence-corrected chi connectivity index (χ0v) is 14.1. The van der Waals surface area contributed by atoms with E-state index in [0.29, 0.717) is 39.6 Å². The van der Waals surface area contributed by atoms with Crippen molar-refractivity contribution in [3.63, 3.8) is 0 Å². The minimum atomic E-state index is -0.228. The number of aliphatic hydroxyl groups is 2. The van der Waals surface area contributed by atoms with Gasteiger partial charge in [-0.3, -0.25) is 0 Å². The smallest absolute Gasteiger partial charge is 0.158 e. The quantitative estimate of drug-likeness (QED) is 0.511. The van der Waals surface area contributed by atoms with Crippen LogP contribution in [0.1, 0.15) is 11.1 Å². The van der Waals surface area contributed by atoms with Gasteiger partial charge < -0.3 is 19.4 Å². The maximum Gasteiger partial charge on any atom is 0.158 e. The normalized spacial score (nSPS) is 11.2. The summed E-state index contributed by atoms with van der Waals surface area (Å²) in [5, 5.41) is 31.3. The largest absolute Gasteiger partial charge is 0.496 e. The molecule has 3 N–H and O–H groups in total. The van der Waals surface area contributed by atoms with Gasteiger partial charge >= 0.3 is 0 Å². The molecule has 2 aromatic heterocycles. The maximum absolute atomic E-state index is 9.64. The van der Waals surface area contributed by atoms with E-state index < -0.39 is 0 Å². The first-order valence-electron chi connectivity index (χ1n) is 8.06. The number of benzene rings is 2. The van der Waals surface area contributed by atoms with Crippen LogP contribution in [0, 0.1) is 0 Å². The number of nitrogens with zero attached hydrogens (tertiary/aromatic N) is 2. The first-order valence-corrected chi connectivity index (χ1v) is 8.06. The van der Waals surface area contributed by atoms with E-state index >= 15 is 0 Å². The molecule has 0 saturated heterocycles. The number of H-pyrrole nitrogens is 1. The Morgan fingerprint density at radius 3 is 2.58 bits per heavy atom. The number of aliphatic hydroxyl groups excluding tert-OH is 2. The molecule has 0 atom stereocenters. The van der Waals surface area contributed by atoms with E-state index in [4.69, 9.17) is 9.15 Å². The standard InChI is InChI=1S/C19H17N3O4/c1-25-16-8-12(6-13(9-23)14(16)10-24)18-19(21-22-20-18)17-7-11-4-2-3-5-15(11)26-17/h2-8,23-24H,9-10H2,1H3,(H,20,21,22). The van der Waals surface area contributed by atoms with Crippen molar-refractivity contribution in [1.29, 1.82) is 0 Å². The van der Waals surface area contributed by atoms with E-state index in [1.807, 2.05) is 30.3 Å². The molecule has 0 amide bonds. The van der Waals surface area contributed by atoms with Gasteiger partial charge in [0.1, 0.15) is 17.0 Å². The van der Waals surface area contributed by atoms with Gasteiger partial charge in [-0.25, -0.2) is 0 Å². The molecular formula is C19H17N3O4. The molecule has 2 heterocycles. The first-order chi connectivity index (χ1) is 12.7. The Bertz CT molecular complexity index is 1010. The van der Waals surface area contributed by atoms with Gasteiger partial charge in [-0.05, 0) is 29.8 Å². The summed E-state index contributed by atoms with van der Waals surface area (Å²) in [5.41, 5.74) is 3.71. The fourth-order valence-electron chi connectivity index (χ4n) is 3.05. The van der Waals surface area contributed by atoms with E-state index in [-0.39, 0.29) is 13.2 Å². The fraction of sp³-hybridized carbons (Fsp3) is 0.158. The number of ether oxygens (including phenoxy) is 1. The number of aromatic amines is 1. The van der Waals surface area contributed by atoms with Gasteiger partial charge in [0.2, 0.25) is 0 Å². The average molecular weight is 351 g/mol. The summed E-state index contributed by atoms with van der Waals surface area (Å²) in [6.07, 6.45) is 0. The minimum absolute atomic E-state index is 0.224. The van der Waals surface area contributed by atoms with E-state index in [1.165, 1.54) is 7.11 Å². The van der Waals surface area contributed by atoms with Gasteiger partial charge in [-0.2, -0.15) is 15.4 Å². The van der Waals surface area contributed by atoms with Crippen LogP contribution in [0.25, 0.3) is 33.7 Å². The molecule has 0 unspecified atom stereocenters. The number of hydrogen-bond donors (Lipinski definition) is 3. The number of aromatic nitrogens is 3. The molecular weight excluding hydrogens is 334 g/mol. The SMILES string of the molecule is COc1cc(-c2n[nH]nc2-c2cc3ccccc3o2)cc(CO)c1CO. The van der Waals surface area contributed by atoms with Gasteiger partial charge in [-0.15, -0.1) is 0 Å². The molecule has 26 heavy (non-hydrogen) atoms. The Balaban J connectivity index is 1.87. The van der Waals surface area contributed by atoms with Gasteiger partial charge in [0.05, 0.1) is 20.3 Å². The number of fused-ring (bicyclic) bond motifs is 1. The molecule has 4 rings (SSSR count). The van der Waals surface area contributed by atoms with Crippen molar-refractivity contribution < 1.29 is 19.4 Å². The summed E-state index contributed by atoms with van der Waals surface area (Å²) in [4.78, 5) is 0. The fourth-order valence-corrected chi connectivity index (χ4v) is 3.05. The zero-order valence-electron chi connectivity index (χ0n) is 14.1. The van der Waals surface area contributed by atoms with E-state index in [9.17, 15) is 10.2 Å². The van der Waals surface area contributed by atoms with Crippen LogP contribution in [0.2, 0.25) is 0 Å². The first kappa shape index (κ1) is 16.3.